The van der Waals surface area contributed by atoms with Crippen molar-refractivity contribution < 1.29 is 8.78 Å². The Kier molecular flexibility index (Phi) is 6.90. The molecule has 218 valence electrons. The molecule has 0 bridgehead atoms. The summed E-state index contributed by atoms with van der Waals surface area (Å²) in [4.78, 5) is 4.55. The minimum atomic E-state index is -2.48. The largest absolute Gasteiger partial charge is 0.383 e. The zero-order valence-electron chi connectivity index (χ0n) is 23.9. The van der Waals surface area contributed by atoms with Crippen molar-refractivity contribution in [2.24, 2.45) is 12.5 Å². The molecule has 11 heteroatoms. The van der Waals surface area contributed by atoms with Crippen LogP contribution in [0.4, 0.5) is 20.2 Å². The first-order valence-corrected chi connectivity index (χ1v) is 14.2. The molecule has 2 aromatic carbocycles. The van der Waals surface area contributed by atoms with Crippen molar-refractivity contribution in [1.29, 1.82) is 0 Å². The Hall–Kier alpha value is -4.07. The monoisotopic (exact) mass is 590 g/mol. The average Bonchev–Trinajstić information content (AvgIpc) is 3.47. The van der Waals surface area contributed by atoms with Crippen molar-refractivity contribution in [2.45, 2.75) is 51.6 Å². The van der Waals surface area contributed by atoms with E-state index in [-0.39, 0.29) is 5.41 Å². The summed E-state index contributed by atoms with van der Waals surface area (Å²) in [5.74, 6) is 2.74. The molecular weight excluding hydrogens is 558 g/mol. The molecule has 0 radical (unpaired) electrons. The molecule has 1 aliphatic heterocycles. The van der Waals surface area contributed by atoms with Crippen molar-refractivity contribution >= 4 is 44.8 Å². The molecule has 1 fully saturated rings. The van der Waals surface area contributed by atoms with Crippen LogP contribution in [0.2, 0.25) is 5.02 Å². The Morgan fingerprint density at radius 3 is 2.67 bits per heavy atom. The van der Waals surface area contributed by atoms with Crippen LogP contribution in [0.25, 0.3) is 21.8 Å². The number of benzene rings is 2. The smallest absolute Gasteiger partial charge is 0.262 e. The van der Waals surface area contributed by atoms with Crippen LogP contribution in [0.5, 0.6) is 0 Å². The van der Waals surface area contributed by atoms with Gasteiger partial charge in [0.15, 0.2) is 0 Å². The van der Waals surface area contributed by atoms with Gasteiger partial charge < -0.3 is 16.1 Å². The molecule has 3 heterocycles. The summed E-state index contributed by atoms with van der Waals surface area (Å²) in [5, 5.41) is 15.3. The first kappa shape index (κ1) is 28.1. The highest BCUT2D eigenvalue weighted by atomic mass is 35.5. The number of halogens is 3. The maximum Gasteiger partial charge on any atom is 0.262 e. The Morgan fingerprint density at radius 2 is 1.98 bits per heavy atom. The first-order chi connectivity index (χ1) is 20.0. The van der Waals surface area contributed by atoms with E-state index in [2.05, 4.69) is 58.4 Å². The van der Waals surface area contributed by atoms with Gasteiger partial charge in [-0.15, -0.1) is 12.0 Å². The number of terminal acetylenes is 1. The van der Waals surface area contributed by atoms with Gasteiger partial charge in [-0.1, -0.05) is 50.4 Å². The van der Waals surface area contributed by atoms with Crippen molar-refractivity contribution in [3.63, 3.8) is 0 Å². The zero-order chi connectivity index (χ0) is 29.8. The summed E-state index contributed by atoms with van der Waals surface area (Å²) in [6.45, 7) is 7.11. The van der Waals surface area contributed by atoms with Crippen LogP contribution in [0, 0.1) is 17.8 Å². The van der Waals surface area contributed by atoms with E-state index in [4.69, 9.17) is 18.0 Å². The molecule has 1 atom stereocenters. The van der Waals surface area contributed by atoms with Crippen molar-refractivity contribution in [2.75, 3.05) is 17.2 Å². The molecule has 42 heavy (non-hydrogen) atoms. The topological polar surface area (TPSA) is 82.1 Å². The van der Waals surface area contributed by atoms with Gasteiger partial charge >= 0.3 is 0 Å². The minimum Gasteiger partial charge on any atom is -0.383 e. The maximum absolute atomic E-state index is 14.0. The van der Waals surface area contributed by atoms with Gasteiger partial charge in [0.25, 0.3) is 6.43 Å². The van der Waals surface area contributed by atoms with E-state index < -0.39 is 18.0 Å². The van der Waals surface area contributed by atoms with E-state index in [1.165, 1.54) is 5.01 Å². The number of nitrogens with one attached hydrogen (secondary N) is 4. The third-order valence-electron chi connectivity index (χ3n) is 7.87. The summed E-state index contributed by atoms with van der Waals surface area (Å²) < 4.78 is 29.7. The van der Waals surface area contributed by atoms with Gasteiger partial charge in [0.05, 0.1) is 45.2 Å². The number of rotatable bonds is 8. The quantitative estimate of drug-likeness (QED) is 0.179. The number of pyridine rings is 1. The molecule has 6 rings (SSSR count). The normalized spacial score (nSPS) is 16.8. The zero-order valence-corrected chi connectivity index (χ0v) is 24.7. The molecule has 1 aliphatic carbocycles. The van der Waals surface area contributed by atoms with Gasteiger partial charge in [0.1, 0.15) is 5.54 Å². The van der Waals surface area contributed by atoms with E-state index in [0.717, 1.165) is 27.5 Å². The van der Waals surface area contributed by atoms with Crippen LogP contribution in [0.15, 0.2) is 54.6 Å². The van der Waals surface area contributed by atoms with Crippen LogP contribution in [0.3, 0.4) is 0 Å². The van der Waals surface area contributed by atoms with Gasteiger partial charge in [-0.25, -0.2) is 8.78 Å². The molecule has 8 nitrogen and oxygen atoms in total. The second-order valence-electron chi connectivity index (χ2n) is 12.2. The molecule has 1 saturated carbocycles. The molecule has 2 aromatic heterocycles. The number of aryl methyl sites for hydroxylation is 1. The second kappa shape index (κ2) is 10.3. The fourth-order valence-electron chi connectivity index (χ4n) is 5.34. The molecule has 2 aliphatic rings. The molecular formula is C31H33ClF2N8. The Morgan fingerprint density at radius 1 is 1.19 bits per heavy atom. The lowest BCUT2D eigenvalue weighted by atomic mass is 9.96. The summed E-state index contributed by atoms with van der Waals surface area (Å²) in [7, 11) is 1.88. The highest BCUT2D eigenvalue weighted by Crippen LogP contribution is 2.47. The third-order valence-corrected chi connectivity index (χ3v) is 8.16. The van der Waals surface area contributed by atoms with Gasteiger partial charge in [0, 0.05) is 42.4 Å². The lowest BCUT2D eigenvalue weighted by Crippen LogP contribution is -2.48. The third kappa shape index (κ3) is 4.97. The highest BCUT2D eigenvalue weighted by Gasteiger charge is 2.56. The van der Waals surface area contributed by atoms with E-state index in [1.807, 2.05) is 43.6 Å². The van der Waals surface area contributed by atoms with Gasteiger partial charge in [-0.05, 0) is 42.0 Å². The minimum absolute atomic E-state index is 0.00521. The lowest BCUT2D eigenvalue weighted by Gasteiger charge is -2.25. The molecule has 4 aromatic rings. The van der Waals surface area contributed by atoms with E-state index >= 15 is 0 Å². The van der Waals surface area contributed by atoms with E-state index in [0.29, 0.717) is 46.9 Å². The lowest BCUT2D eigenvalue weighted by molar-refractivity contribution is 0.00911. The summed E-state index contributed by atoms with van der Waals surface area (Å²) in [6, 6.07) is 9.28. The van der Waals surface area contributed by atoms with E-state index in [1.54, 1.807) is 17.1 Å². The number of nitrogens with zero attached hydrogens (tertiary/aromatic N) is 4. The Bertz CT molecular complexity index is 1750. The Labute approximate surface area is 248 Å². The molecule has 4 N–H and O–H groups in total. The van der Waals surface area contributed by atoms with Crippen LogP contribution in [-0.4, -0.2) is 38.3 Å². The predicted octanol–water partition coefficient (Wildman–Crippen LogP) is 6.33. The average molecular weight is 591 g/mol. The van der Waals surface area contributed by atoms with Gasteiger partial charge in [-0.2, -0.15) is 5.10 Å². The van der Waals surface area contributed by atoms with Crippen molar-refractivity contribution in [3.05, 3.63) is 70.8 Å². The number of anilines is 2. The number of alkyl halides is 2. The first-order valence-electron chi connectivity index (χ1n) is 13.8. The number of hydrogen-bond donors (Lipinski definition) is 4. The summed E-state index contributed by atoms with van der Waals surface area (Å²) in [5.41, 5.74) is 10.2. The van der Waals surface area contributed by atoms with Crippen LogP contribution >= 0.6 is 11.6 Å². The predicted molar refractivity (Wildman–Crippen MR) is 164 cm³/mol. The molecule has 0 amide bonds. The Balaban J connectivity index is 1.46. The molecule has 0 saturated heterocycles. The second-order valence-corrected chi connectivity index (χ2v) is 12.6. The van der Waals surface area contributed by atoms with Crippen LogP contribution < -0.4 is 21.6 Å². The number of hydrogen-bond acceptors (Lipinski definition) is 7. The SMILES string of the molecule is C#Cc1cnc2c(Cl)cc(N[C@H](C3=CN(C4(C(F)F)CC4)NN3)c3cccc4c3cnn4C)cc2c1NCC(C)(C)C. The highest BCUT2D eigenvalue weighted by molar-refractivity contribution is 6.35. The van der Waals surface area contributed by atoms with Crippen LogP contribution in [0.1, 0.15) is 50.8 Å². The fraction of sp³-hybridized carbons (Fsp3) is 0.355. The van der Waals surface area contributed by atoms with Gasteiger partial charge in [0.2, 0.25) is 0 Å². The van der Waals surface area contributed by atoms with Crippen LogP contribution in [-0.2, 0) is 7.05 Å². The van der Waals surface area contributed by atoms with Gasteiger partial charge in [-0.3, -0.25) is 14.7 Å². The number of fused-ring (bicyclic) bond motifs is 2. The van der Waals surface area contributed by atoms with Crippen molar-refractivity contribution in [3.8, 4) is 12.3 Å². The standard InChI is InChI=1S/C31H33ClF2N8/c1-6-18-14-35-27-21(26(18)36-17-30(2,3)4)12-19(13-23(27)32)38-28(20-8-7-9-25-22(20)15-37-41(25)5)24-16-42(40-39-24)31(10-11-31)29(33)34/h1,7-9,12-16,28-29,38-40H,10-11,17H2,2-5H3,(H,35,36)/t28-/m0/s1. The number of aromatic nitrogens is 3. The molecule has 0 spiro atoms. The maximum atomic E-state index is 14.0. The summed E-state index contributed by atoms with van der Waals surface area (Å²) in [6.07, 6.45) is 9.39. The molecule has 0 unspecified atom stereocenters. The van der Waals surface area contributed by atoms with Crippen molar-refractivity contribution in [1.82, 2.24) is 30.7 Å². The fourth-order valence-corrected chi connectivity index (χ4v) is 5.61. The summed E-state index contributed by atoms with van der Waals surface area (Å²) >= 11 is 6.80. The van der Waals surface area contributed by atoms with E-state index in [9.17, 15) is 8.78 Å². The number of hydrazine groups is 2.